The molecule has 1 atom stereocenters. The summed E-state index contributed by atoms with van der Waals surface area (Å²) in [5.74, 6) is 0.197. The quantitative estimate of drug-likeness (QED) is 0.792. The Bertz CT molecular complexity index is 879. The van der Waals surface area contributed by atoms with Crippen LogP contribution in [0.15, 0.2) is 23.0 Å². The Balaban J connectivity index is 2.04. The summed E-state index contributed by atoms with van der Waals surface area (Å²) in [5.41, 5.74) is 0.750. The first-order valence-electron chi connectivity index (χ1n) is 8.24. The molecular formula is C18H19N3O3. The van der Waals surface area contributed by atoms with Crippen LogP contribution in [0.25, 0.3) is 10.9 Å². The lowest BCUT2D eigenvalue weighted by Crippen LogP contribution is -2.26. The third kappa shape index (κ3) is 3.16. The molecule has 6 heteroatoms. The van der Waals surface area contributed by atoms with E-state index < -0.39 is 12.1 Å². The van der Waals surface area contributed by atoms with Gasteiger partial charge in [-0.3, -0.25) is 9.36 Å². The van der Waals surface area contributed by atoms with Gasteiger partial charge in [-0.2, -0.15) is 5.26 Å². The lowest BCUT2D eigenvalue weighted by Gasteiger charge is -2.16. The molecule has 0 unspecified atom stereocenters. The second-order valence-corrected chi connectivity index (χ2v) is 6.06. The van der Waals surface area contributed by atoms with E-state index in [1.54, 1.807) is 22.8 Å². The number of carbonyl (C=O) groups excluding carboxylic acids is 1. The van der Waals surface area contributed by atoms with E-state index in [1.165, 1.54) is 6.92 Å². The van der Waals surface area contributed by atoms with E-state index in [0.717, 1.165) is 37.9 Å². The first-order valence-corrected chi connectivity index (χ1v) is 8.24. The number of nitriles is 1. The Morgan fingerprint density at radius 3 is 2.92 bits per heavy atom. The molecule has 3 rings (SSSR count). The number of esters is 1. The van der Waals surface area contributed by atoms with E-state index in [0.29, 0.717) is 23.0 Å². The molecule has 6 nitrogen and oxygen atoms in total. The largest absolute Gasteiger partial charge is 0.444 e. The van der Waals surface area contributed by atoms with Crippen molar-refractivity contribution in [3.8, 4) is 6.07 Å². The van der Waals surface area contributed by atoms with Crippen LogP contribution in [0, 0.1) is 11.3 Å². The maximum Gasteiger partial charge on any atom is 0.339 e. The maximum atomic E-state index is 12.7. The van der Waals surface area contributed by atoms with Crippen LogP contribution >= 0.6 is 0 Å². The van der Waals surface area contributed by atoms with Crippen LogP contribution in [0.1, 0.15) is 48.8 Å². The number of hydrogen-bond acceptors (Lipinski definition) is 5. The van der Waals surface area contributed by atoms with Crippen LogP contribution in [0.5, 0.6) is 0 Å². The minimum Gasteiger partial charge on any atom is -0.444 e. The van der Waals surface area contributed by atoms with Gasteiger partial charge in [0.1, 0.15) is 11.9 Å². The van der Waals surface area contributed by atoms with Crippen LogP contribution in [0.2, 0.25) is 0 Å². The predicted molar refractivity (Wildman–Crippen MR) is 88.7 cm³/mol. The minimum absolute atomic E-state index is 0.0535. The molecule has 1 aliphatic rings. The monoisotopic (exact) mass is 325 g/mol. The Kier molecular flexibility index (Phi) is 4.61. The van der Waals surface area contributed by atoms with E-state index in [2.05, 4.69) is 4.98 Å². The molecule has 0 saturated heterocycles. The Hall–Kier alpha value is -2.68. The van der Waals surface area contributed by atoms with Gasteiger partial charge in [-0.15, -0.1) is 0 Å². The Labute approximate surface area is 139 Å². The van der Waals surface area contributed by atoms with Crippen LogP contribution in [-0.2, 0) is 17.7 Å². The number of nitrogens with zero attached hydrogens (tertiary/aromatic N) is 3. The summed E-state index contributed by atoms with van der Waals surface area (Å²) < 4.78 is 6.76. The molecule has 0 fully saturated rings. The van der Waals surface area contributed by atoms with Crippen molar-refractivity contribution in [2.24, 2.45) is 0 Å². The zero-order valence-electron chi connectivity index (χ0n) is 13.6. The van der Waals surface area contributed by atoms with Crippen molar-refractivity contribution in [2.45, 2.75) is 51.7 Å². The van der Waals surface area contributed by atoms with Crippen LogP contribution in [0.4, 0.5) is 0 Å². The first kappa shape index (κ1) is 16.2. The number of hydrogen-bond donors (Lipinski definition) is 0. The van der Waals surface area contributed by atoms with Gasteiger partial charge in [0.25, 0.3) is 5.56 Å². The van der Waals surface area contributed by atoms with E-state index in [-0.39, 0.29) is 5.56 Å². The number of rotatable bonds is 2. The fraction of sp³-hybridized carbons (Fsp3) is 0.444. The average Bonchev–Trinajstić information content (AvgIpc) is 2.56. The number of carbonyl (C=O) groups is 1. The van der Waals surface area contributed by atoms with Crippen molar-refractivity contribution in [1.29, 1.82) is 5.26 Å². The normalized spacial score (nSPS) is 15.7. The summed E-state index contributed by atoms with van der Waals surface area (Å²) in [6.45, 7) is 2.20. The smallest absolute Gasteiger partial charge is 0.339 e. The third-order valence-corrected chi connectivity index (χ3v) is 4.27. The van der Waals surface area contributed by atoms with Crippen LogP contribution in [0.3, 0.4) is 0 Å². The average molecular weight is 325 g/mol. The molecule has 0 aliphatic carbocycles. The van der Waals surface area contributed by atoms with Crippen molar-refractivity contribution in [2.75, 3.05) is 0 Å². The number of benzene rings is 1. The summed E-state index contributed by atoms with van der Waals surface area (Å²) in [4.78, 5) is 29.4. The highest BCUT2D eigenvalue weighted by atomic mass is 16.5. The minimum atomic E-state index is -0.817. The van der Waals surface area contributed by atoms with Gasteiger partial charge < -0.3 is 4.74 Å². The van der Waals surface area contributed by atoms with Crippen molar-refractivity contribution in [1.82, 2.24) is 9.55 Å². The molecule has 124 valence electrons. The van der Waals surface area contributed by atoms with E-state index in [1.807, 2.05) is 6.07 Å². The molecule has 0 radical (unpaired) electrons. The van der Waals surface area contributed by atoms with Crippen LogP contribution in [-0.4, -0.2) is 21.6 Å². The van der Waals surface area contributed by atoms with E-state index in [9.17, 15) is 9.59 Å². The molecule has 0 bridgehead atoms. The van der Waals surface area contributed by atoms with Crippen molar-refractivity contribution in [3.63, 3.8) is 0 Å². The molecule has 0 amide bonds. The Morgan fingerprint density at radius 1 is 1.33 bits per heavy atom. The molecule has 0 N–H and O–H groups in total. The second kappa shape index (κ2) is 6.83. The highest BCUT2D eigenvalue weighted by molar-refractivity contribution is 5.94. The molecule has 1 aliphatic heterocycles. The van der Waals surface area contributed by atoms with Gasteiger partial charge in [-0.05, 0) is 38.0 Å². The van der Waals surface area contributed by atoms with E-state index in [4.69, 9.17) is 10.00 Å². The number of aryl methyl sites for hydroxylation is 1. The molecular weight excluding hydrogens is 306 g/mol. The molecule has 24 heavy (non-hydrogen) atoms. The number of fused-ring (bicyclic) bond motifs is 2. The lowest BCUT2D eigenvalue weighted by atomic mass is 10.1. The fourth-order valence-electron chi connectivity index (χ4n) is 2.98. The first-order chi connectivity index (χ1) is 11.6. The van der Waals surface area contributed by atoms with Gasteiger partial charge in [0.05, 0.1) is 16.5 Å². The van der Waals surface area contributed by atoms with Crippen molar-refractivity contribution in [3.05, 3.63) is 39.9 Å². The van der Waals surface area contributed by atoms with Gasteiger partial charge in [-0.25, -0.2) is 9.78 Å². The van der Waals surface area contributed by atoms with Crippen LogP contribution < -0.4 is 5.56 Å². The zero-order chi connectivity index (χ0) is 17.1. The van der Waals surface area contributed by atoms with Gasteiger partial charge in [-0.1, -0.05) is 12.8 Å². The molecule has 1 aromatic heterocycles. The van der Waals surface area contributed by atoms with Crippen molar-refractivity contribution >= 4 is 16.9 Å². The highest BCUT2D eigenvalue weighted by Crippen LogP contribution is 2.17. The lowest BCUT2D eigenvalue weighted by molar-refractivity contribution is 0.0435. The standard InChI is InChI=1S/C18H19N3O3/c1-12(11-19)24-18(23)13-7-8-14-15(10-13)20-16-6-4-2-3-5-9-21(16)17(14)22/h7-8,10,12H,2-6,9H2,1H3/t12-/m0/s1. The summed E-state index contributed by atoms with van der Waals surface area (Å²) >= 11 is 0. The fourth-order valence-corrected chi connectivity index (χ4v) is 2.98. The summed E-state index contributed by atoms with van der Waals surface area (Å²) in [7, 11) is 0. The summed E-state index contributed by atoms with van der Waals surface area (Å²) in [6, 6.07) is 6.59. The van der Waals surface area contributed by atoms with Crippen molar-refractivity contribution < 1.29 is 9.53 Å². The van der Waals surface area contributed by atoms with E-state index >= 15 is 0 Å². The molecule has 1 aromatic carbocycles. The molecule has 2 heterocycles. The number of aromatic nitrogens is 2. The number of ether oxygens (including phenoxy) is 1. The topological polar surface area (TPSA) is 85.0 Å². The summed E-state index contributed by atoms with van der Waals surface area (Å²) in [5, 5.41) is 9.24. The van der Waals surface area contributed by atoms with Gasteiger partial charge >= 0.3 is 5.97 Å². The van der Waals surface area contributed by atoms with Gasteiger partial charge in [0.15, 0.2) is 6.10 Å². The Morgan fingerprint density at radius 2 is 2.12 bits per heavy atom. The summed E-state index contributed by atoms with van der Waals surface area (Å²) in [6.07, 6.45) is 4.22. The second-order valence-electron chi connectivity index (χ2n) is 6.06. The predicted octanol–water partition coefficient (Wildman–Crippen LogP) is 2.58. The molecule has 2 aromatic rings. The van der Waals surface area contributed by atoms with Gasteiger partial charge in [0.2, 0.25) is 0 Å². The highest BCUT2D eigenvalue weighted by Gasteiger charge is 2.16. The molecule has 0 spiro atoms. The SMILES string of the molecule is C[C@@H](C#N)OC(=O)c1ccc2c(=O)n3c(nc2c1)CCCCCC3. The van der Waals surface area contributed by atoms with Gasteiger partial charge in [0, 0.05) is 13.0 Å². The maximum absolute atomic E-state index is 12.7. The zero-order valence-corrected chi connectivity index (χ0v) is 13.6. The third-order valence-electron chi connectivity index (χ3n) is 4.27. The molecule has 0 saturated carbocycles.